The second-order valence-electron chi connectivity index (χ2n) is 5.88. The van der Waals surface area contributed by atoms with E-state index in [1.54, 1.807) is 6.07 Å². The summed E-state index contributed by atoms with van der Waals surface area (Å²) in [5, 5.41) is 8.78. The molecule has 2 heterocycles. The summed E-state index contributed by atoms with van der Waals surface area (Å²) in [6.45, 7) is 4.69. The van der Waals surface area contributed by atoms with Gasteiger partial charge in [0.2, 0.25) is 0 Å². The van der Waals surface area contributed by atoms with Gasteiger partial charge < -0.3 is 10.6 Å². The van der Waals surface area contributed by atoms with Crippen molar-refractivity contribution in [3.05, 3.63) is 52.7 Å². The zero-order valence-corrected chi connectivity index (χ0v) is 14.1. The highest BCUT2D eigenvalue weighted by molar-refractivity contribution is 6.30. The third-order valence-electron chi connectivity index (χ3n) is 4.13. The molecule has 7 heteroatoms. The Kier molecular flexibility index (Phi) is 5.27. The van der Waals surface area contributed by atoms with Gasteiger partial charge in [0.05, 0.1) is 0 Å². The van der Waals surface area contributed by atoms with E-state index in [2.05, 4.69) is 32.1 Å². The molecule has 1 fully saturated rings. The maximum atomic E-state index is 11.1. The lowest BCUT2D eigenvalue weighted by molar-refractivity contribution is 0.0994. The third-order valence-corrected chi connectivity index (χ3v) is 4.39. The minimum Gasteiger partial charge on any atom is -0.364 e. The van der Waals surface area contributed by atoms with Gasteiger partial charge in [-0.05, 0) is 36.2 Å². The molecule has 0 saturated carbocycles. The molecule has 6 nitrogen and oxygen atoms in total. The highest BCUT2D eigenvalue weighted by Gasteiger charge is 2.17. The largest absolute Gasteiger partial charge is 0.364 e. The molecule has 24 heavy (non-hydrogen) atoms. The average Bonchev–Trinajstić information content (AvgIpc) is 2.83. The molecule has 3 rings (SSSR count). The maximum Gasteiger partial charge on any atom is 0.269 e. The van der Waals surface area contributed by atoms with Gasteiger partial charge in [-0.2, -0.15) is 0 Å². The van der Waals surface area contributed by atoms with Crippen molar-refractivity contribution in [2.45, 2.75) is 13.0 Å². The normalized spacial score (nSPS) is 16.0. The molecule has 1 aromatic heterocycles. The summed E-state index contributed by atoms with van der Waals surface area (Å²) in [5.74, 6) is 0.229. The van der Waals surface area contributed by atoms with Gasteiger partial charge in [-0.25, -0.2) is 0 Å². The summed E-state index contributed by atoms with van der Waals surface area (Å²) < 4.78 is 0. The molecule has 1 aromatic carbocycles. The SMILES string of the molecule is NC(=O)c1ccc(N2CCCN(Cc3ccc(Cl)cc3)CC2)nn1. The Morgan fingerprint density at radius 2 is 1.83 bits per heavy atom. The Morgan fingerprint density at radius 1 is 1.04 bits per heavy atom. The number of hydrogen-bond donors (Lipinski definition) is 1. The van der Waals surface area contributed by atoms with Crippen LogP contribution in [0.4, 0.5) is 5.82 Å². The van der Waals surface area contributed by atoms with Gasteiger partial charge in [0.25, 0.3) is 5.91 Å². The fourth-order valence-corrected chi connectivity index (χ4v) is 2.96. The van der Waals surface area contributed by atoms with E-state index in [1.807, 2.05) is 18.2 Å². The van der Waals surface area contributed by atoms with E-state index in [-0.39, 0.29) is 5.69 Å². The van der Waals surface area contributed by atoms with Crippen molar-refractivity contribution < 1.29 is 4.79 Å². The first kappa shape index (κ1) is 16.7. The van der Waals surface area contributed by atoms with Crippen LogP contribution >= 0.6 is 11.6 Å². The van der Waals surface area contributed by atoms with Crippen molar-refractivity contribution in [1.29, 1.82) is 0 Å². The number of amides is 1. The summed E-state index contributed by atoms with van der Waals surface area (Å²) in [6, 6.07) is 11.4. The number of anilines is 1. The minimum atomic E-state index is -0.556. The average molecular weight is 346 g/mol. The van der Waals surface area contributed by atoms with Gasteiger partial charge in [0, 0.05) is 37.7 Å². The number of hydrogen-bond acceptors (Lipinski definition) is 5. The van der Waals surface area contributed by atoms with Gasteiger partial charge in [-0.15, -0.1) is 10.2 Å². The van der Waals surface area contributed by atoms with Crippen LogP contribution in [-0.2, 0) is 6.54 Å². The standard InChI is InChI=1S/C17H20ClN5O/c18-14-4-2-13(3-5-14)12-22-8-1-9-23(11-10-22)16-7-6-15(17(19)24)20-21-16/h2-7H,1,8-12H2,(H2,19,24). The number of halogens is 1. The first-order chi connectivity index (χ1) is 11.6. The van der Waals surface area contributed by atoms with Crippen LogP contribution in [0.25, 0.3) is 0 Å². The molecule has 0 atom stereocenters. The number of nitrogens with two attached hydrogens (primary N) is 1. The van der Waals surface area contributed by atoms with Crippen molar-refractivity contribution in [2.75, 3.05) is 31.1 Å². The molecule has 126 valence electrons. The maximum absolute atomic E-state index is 11.1. The lowest BCUT2D eigenvalue weighted by Crippen LogP contribution is -2.31. The summed E-state index contributed by atoms with van der Waals surface area (Å²) in [5.41, 5.74) is 6.65. The zero-order valence-electron chi connectivity index (χ0n) is 13.4. The first-order valence-electron chi connectivity index (χ1n) is 7.97. The smallest absolute Gasteiger partial charge is 0.269 e. The van der Waals surface area contributed by atoms with Crippen LogP contribution in [0.2, 0.25) is 5.02 Å². The lowest BCUT2D eigenvalue weighted by atomic mass is 10.2. The number of primary amides is 1. The Bertz CT molecular complexity index is 689. The molecule has 2 aromatic rings. The lowest BCUT2D eigenvalue weighted by Gasteiger charge is -2.22. The van der Waals surface area contributed by atoms with Gasteiger partial charge >= 0.3 is 0 Å². The summed E-state index contributed by atoms with van der Waals surface area (Å²) in [4.78, 5) is 15.7. The van der Waals surface area contributed by atoms with Crippen LogP contribution in [0, 0.1) is 0 Å². The van der Waals surface area contributed by atoms with Crippen LogP contribution in [0.15, 0.2) is 36.4 Å². The molecule has 0 bridgehead atoms. The van der Waals surface area contributed by atoms with E-state index in [0.717, 1.165) is 50.0 Å². The first-order valence-corrected chi connectivity index (χ1v) is 8.35. The van der Waals surface area contributed by atoms with Gasteiger partial charge in [0.1, 0.15) is 0 Å². The highest BCUT2D eigenvalue weighted by atomic mass is 35.5. The van der Waals surface area contributed by atoms with Crippen LogP contribution in [-0.4, -0.2) is 47.2 Å². The predicted molar refractivity (Wildman–Crippen MR) is 94.1 cm³/mol. The molecule has 1 aliphatic rings. The summed E-state index contributed by atoms with van der Waals surface area (Å²) >= 11 is 5.94. The number of carbonyl (C=O) groups is 1. The second kappa shape index (κ2) is 7.59. The molecule has 0 radical (unpaired) electrons. The van der Waals surface area contributed by atoms with E-state index in [1.165, 1.54) is 5.56 Å². The zero-order chi connectivity index (χ0) is 16.9. The van der Waals surface area contributed by atoms with Gasteiger partial charge in [-0.3, -0.25) is 9.69 Å². The van der Waals surface area contributed by atoms with Crippen molar-refractivity contribution >= 4 is 23.3 Å². The van der Waals surface area contributed by atoms with E-state index >= 15 is 0 Å². The van der Waals surface area contributed by atoms with Crippen molar-refractivity contribution in [2.24, 2.45) is 5.73 Å². The molecule has 0 unspecified atom stereocenters. The Hall–Kier alpha value is -2.18. The molecule has 1 saturated heterocycles. The van der Waals surface area contributed by atoms with E-state index in [4.69, 9.17) is 17.3 Å². The van der Waals surface area contributed by atoms with Crippen LogP contribution in [0.1, 0.15) is 22.5 Å². The topological polar surface area (TPSA) is 75.4 Å². The molecule has 1 aliphatic heterocycles. The molecule has 0 aliphatic carbocycles. The van der Waals surface area contributed by atoms with Gasteiger partial charge in [0.15, 0.2) is 11.5 Å². The monoisotopic (exact) mass is 345 g/mol. The van der Waals surface area contributed by atoms with Crippen molar-refractivity contribution in [1.82, 2.24) is 15.1 Å². The minimum absolute atomic E-state index is 0.193. The third kappa shape index (κ3) is 4.21. The number of nitrogens with zero attached hydrogens (tertiary/aromatic N) is 4. The summed E-state index contributed by atoms with van der Waals surface area (Å²) in [6.07, 6.45) is 1.05. The molecule has 0 spiro atoms. The van der Waals surface area contributed by atoms with E-state index in [9.17, 15) is 4.79 Å². The Morgan fingerprint density at radius 3 is 2.50 bits per heavy atom. The number of aromatic nitrogens is 2. The molecule has 1 amide bonds. The molecular formula is C17H20ClN5O. The van der Waals surface area contributed by atoms with E-state index < -0.39 is 5.91 Å². The fraction of sp³-hybridized carbons (Fsp3) is 0.353. The van der Waals surface area contributed by atoms with E-state index in [0.29, 0.717) is 0 Å². The van der Waals surface area contributed by atoms with Crippen LogP contribution in [0.5, 0.6) is 0 Å². The predicted octanol–water partition coefficient (Wildman–Crippen LogP) is 1.94. The van der Waals surface area contributed by atoms with Crippen LogP contribution in [0.3, 0.4) is 0 Å². The van der Waals surface area contributed by atoms with Crippen molar-refractivity contribution in [3.63, 3.8) is 0 Å². The number of benzene rings is 1. The Balaban J connectivity index is 1.60. The number of carbonyl (C=O) groups excluding carboxylic acids is 1. The summed E-state index contributed by atoms with van der Waals surface area (Å²) in [7, 11) is 0. The highest BCUT2D eigenvalue weighted by Crippen LogP contribution is 2.16. The van der Waals surface area contributed by atoms with Crippen LogP contribution < -0.4 is 10.6 Å². The number of rotatable bonds is 4. The van der Waals surface area contributed by atoms with Gasteiger partial charge in [-0.1, -0.05) is 23.7 Å². The Labute approximate surface area is 146 Å². The molecular weight excluding hydrogens is 326 g/mol. The fourth-order valence-electron chi connectivity index (χ4n) is 2.83. The quantitative estimate of drug-likeness (QED) is 0.916. The molecule has 2 N–H and O–H groups in total. The van der Waals surface area contributed by atoms with Crippen molar-refractivity contribution in [3.8, 4) is 0 Å². The second-order valence-corrected chi connectivity index (χ2v) is 6.32.